The minimum atomic E-state index is -0.414. The van der Waals surface area contributed by atoms with E-state index >= 15 is 0 Å². The van der Waals surface area contributed by atoms with Crippen LogP contribution in [0.15, 0.2) is 47.3 Å². The van der Waals surface area contributed by atoms with Crippen molar-refractivity contribution in [3.63, 3.8) is 0 Å². The van der Waals surface area contributed by atoms with Crippen LogP contribution in [0, 0.1) is 5.82 Å². The third-order valence-corrected chi connectivity index (χ3v) is 5.61. The number of rotatable bonds is 7. The van der Waals surface area contributed by atoms with Crippen molar-refractivity contribution in [2.45, 2.75) is 25.5 Å². The second kappa shape index (κ2) is 9.40. The number of halogens is 1. The summed E-state index contributed by atoms with van der Waals surface area (Å²) in [6.45, 7) is 1.09. The second-order valence-electron chi connectivity index (χ2n) is 7.75. The maximum atomic E-state index is 13.3. The van der Waals surface area contributed by atoms with Gasteiger partial charge in [0.2, 0.25) is 0 Å². The molecule has 0 aliphatic carbocycles. The lowest BCUT2D eigenvalue weighted by molar-refractivity contribution is 0.0506. The molecule has 3 aromatic rings. The highest BCUT2D eigenvalue weighted by atomic mass is 19.1. The molecule has 1 aliphatic rings. The van der Waals surface area contributed by atoms with Crippen LogP contribution in [-0.2, 0) is 11.3 Å². The summed E-state index contributed by atoms with van der Waals surface area (Å²) in [4.78, 5) is 30.5. The fourth-order valence-electron chi connectivity index (χ4n) is 3.93. The standard InChI is InChI=1S/C24H25FN2O5/c1-30-21-11-16-10-17(23(28)26-20(16)12-22(21)31-2)13-27(14-19-4-3-9-32-19)24(29)15-5-7-18(25)8-6-15/h5-8,10-12,19H,3-4,9,13-14H2,1-2H3,(H,26,28). The summed E-state index contributed by atoms with van der Waals surface area (Å²) in [5, 5.41) is 0.753. The molecule has 32 heavy (non-hydrogen) atoms. The molecule has 1 saturated heterocycles. The van der Waals surface area contributed by atoms with Crippen LogP contribution in [0.1, 0.15) is 28.8 Å². The van der Waals surface area contributed by atoms with Gasteiger partial charge >= 0.3 is 0 Å². The van der Waals surface area contributed by atoms with Crippen LogP contribution < -0.4 is 15.0 Å². The number of methoxy groups -OCH3 is 2. The number of amides is 1. The number of fused-ring (bicyclic) bond motifs is 1. The molecule has 1 unspecified atom stereocenters. The minimum absolute atomic E-state index is 0.0929. The van der Waals surface area contributed by atoms with Crippen LogP contribution in [0.2, 0.25) is 0 Å². The third-order valence-electron chi connectivity index (χ3n) is 5.61. The zero-order valence-electron chi connectivity index (χ0n) is 18.0. The van der Waals surface area contributed by atoms with Gasteiger partial charge in [0.25, 0.3) is 11.5 Å². The summed E-state index contributed by atoms with van der Waals surface area (Å²) in [6.07, 6.45) is 1.68. The molecular formula is C24H25FN2O5. The highest BCUT2D eigenvalue weighted by molar-refractivity contribution is 5.94. The van der Waals surface area contributed by atoms with Crippen molar-refractivity contribution in [1.82, 2.24) is 9.88 Å². The Balaban J connectivity index is 1.68. The highest BCUT2D eigenvalue weighted by Crippen LogP contribution is 2.31. The van der Waals surface area contributed by atoms with E-state index in [4.69, 9.17) is 14.2 Å². The zero-order chi connectivity index (χ0) is 22.7. The highest BCUT2D eigenvalue weighted by Gasteiger charge is 2.25. The van der Waals surface area contributed by atoms with Crippen LogP contribution in [0.3, 0.4) is 0 Å². The summed E-state index contributed by atoms with van der Waals surface area (Å²) in [7, 11) is 3.07. The van der Waals surface area contributed by atoms with Gasteiger partial charge in [-0.25, -0.2) is 4.39 Å². The molecule has 0 radical (unpaired) electrons. The first-order valence-corrected chi connectivity index (χ1v) is 10.4. The molecule has 1 atom stereocenters. The van der Waals surface area contributed by atoms with Gasteiger partial charge in [0.15, 0.2) is 11.5 Å². The number of aromatic amines is 1. The maximum Gasteiger partial charge on any atom is 0.254 e. The van der Waals surface area contributed by atoms with Gasteiger partial charge in [-0.3, -0.25) is 9.59 Å². The summed E-state index contributed by atoms with van der Waals surface area (Å²) in [6, 6.07) is 10.6. The number of nitrogens with zero attached hydrogens (tertiary/aromatic N) is 1. The Bertz CT molecular complexity index is 1170. The fourth-order valence-corrected chi connectivity index (χ4v) is 3.93. The molecule has 1 amide bonds. The molecule has 7 nitrogen and oxygen atoms in total. The molecular weight excluding hydrogens is 415 g/mol. The van der Waals surface area contributed by atoms with Crippen molar-refractivity contribution in [2.75, 3.05) is 27.4 Å². The van der Waals surface area contributed by atoms with Gasteiger partial charge < -0.3 is 24.1 Å². The topological polar surface area (TPSA) is 80.9 Å². The molecule has 2 heterocycles. The average molecular weight is 440 g/mol. The first-order chi connectivity index (χ1) is 15.5. The van der Waals surface area contributed by atoms with E-state index in [0.717, 1.165) is 18.2 Å². The summed E-state index contributed by atoms with van der Waals surface area (Å²) in [5.41, 5.74) is 1.09. The quantitative estimate of drug-likeness (QED) is 0.608. The normalized spacial score (nSPS) is 15.7. The molecule has 1 aromatic heterocycles. The van der Waals surface area contributed by atoms with Gasteiger partial charge in [0, 0.05) is 35.7 Å². The average Bonchev–Trinajstić information content (AvgIpc) is 3.31. The van der Waals surface area contributed by atoms with Crippen molar-refractivity contribution in [2.24, 2.45) is 0 Å². The van der Waals surface area contributed by atoms with E-state index < -0.39 is 5.82 Å². The number of hydrogen-bond donors (Lipinski definition) is 1. The fraction of sp³-hybridized carbons (Fsp3) is 0.333. The lowest BCUT2D eigenvalue weighted by Gasteiger charge is -2.25. The molecule has 1 aliphatic heterocycles. The third kappa shape index (κ3) is 4.60. The van der Waals surface area contributed by atoms with Gasteiger partial charge in [-0.15, -0.1) is 0 Å². The molecule has 168 valence electrons. The summed E-state index contributed by atoms with van der Waals surface area (Å²) >= 11 is 0. The van der Waals surface area contributed by atoms with Crippen LogP contribution in [0.25, 0.3) is 10.9 Å². The number of benzene rings is 2. The largest absolute Gasteiger partial charge is 0.493 e. The smallest absolute Gasteiger partial charge is 0.254 e. The number of hydrogen-bond acceptors (Lipinski definition) is 5. The number of H-pyrrole nitrogens is 1. The zero-order valence-corrected chi connectivity index (χ0v) is 18.0. The van der Waals surface area contributed by atoms with E-state index in [2.05, 4.69) is 4.98 Å². The van der Waals surface area contributed by atoms with Crippen LogP contribution >= 0.6 is 0 Å². The van der Waals surface area contributed by atoms with E-state index in [-0.39, 0.29) is 24.1 Å². The van der Waals surface area contributed by atoms with E-state index in [0.29, 0.717) is 41.3 Å². The van der Waals surface area contributed by atoms with E-state index in [1.807, 2.05) is 0 Å². The second-order valence-corrected chi connectivity index (χ2v) is 7.75. The minimum Gasteiger partial charge on any atom is -0.493 e. The Morgan fingerprint density at radius 1 is 1.16 bits per heavy atom. The number of aromatic nitrogens is 1. The van der Waals surface area contributed by atoms with Crippen LogP contribution in [0.4, 0.5) is 4.39 Å². The molecule has 4 rings (SSSR count). The number of carbonyl (C=O) groups excluding carboxylic acids is 1. The number of pyridine rings is 1. The Hall–Kier alpha value is -3.39. The van der Waals surface area contributed by atoms with Crippen molar-refractivity contribution in [1.29, 1.82) is 0 Å². The van der Waals surface area contributed by atoms with E-state index in [1.54, 1.807) is 30.2 Å². The van der Waals surface area contributed by atoms with Gasteiger partial charge in [0.05, 0.1) is 32.4 Å². The van der Waals surface area contributed by atoms with Crippen molar-refractivity contribution in [3.8, 4) is 11.5 Å². The first-order valence-electron chi connectivity index (χ1n) is 10.4. The first kappa shape index (κ1) is 21.8. The number of carbonyl (C=O) groups is 1. The number of nitrogens with one attached hydrogen (secondary N) is 1. The molecule has 0 saturated carbocycles. The van der Waals surface area contributed by atoms with E-state index in [1.165, 1.54) is 31.4 Å². The molecule has 0 bridgehead atoms. The van der Waals surface area contributed by atoms with Crippen LogP contribution in [-0.4, -0.2) is 49.3 Å². The predicted molar refractivity (Wildman–Crippen MR) is 118 cm³/mol. The summed E-state index contributed by atoms with van der Waals surface area (Å²) < 4.78 is 29.7. The Morgan fingerprint density at radius 2 is 1.88 bits per heavy atom. The molecule has 8 heteroatoms. The maximum absolute atomic E-state index is 13.3. The Morgan fingerprint density at radius 3 is 2.53 bits per heavy atom. The number of ether oxygens (including phenoxy) is 3. The lowest BCUT2D eigenvalue weighted by Crippen LogP contribution is -2.38. The van der Waals surface area contributed by atoms with Gasteiger partial charge in [0.1, 0.15) is 5.82 Å². The van der Waals surface area contributed by atoms with Crippen molar-refractivity contribution >= 4 is 16.8 Å². The monoisotopic (exact) mass is 440 g/mol. The SMILES string of the molecule is COc1cc2cc(CN(CC3CCCO3)C(=O)c3ccc(F)cc3)c(=O)[nH]c2cc1OC. The van der Waals surface area contributed by atoms with Gasteiger partial charge in [-0.1, -0.05) is 0 Å². The predicted octanol–water partition coefficient (Wildman–Crippen LogP) is 3.51. The lowest BCUT2D eigenvalue weighted by atomic mass is 10.1. The molecule has 0 spiro atoms. The summed E-state index contributed by atoms with van der Waals surface area (Å²) in [5.74, 6) is 0.348. The van der Waals surface area contributed by atoms with Crippen LogP contribution in [0.5, 0.6) is 11.5 Å². The van der Waals surface area contributed by atoms with Gasteiger partial charge in [-0.05, 0) is 49.2 Å². The van der Waals surface area contributed by atoms with Gasteiger partial charge in [-0.2, -0.15) is 0 Å². The Kier molecular flexibility index (Phi) is 6.41. The Labute approximate surface area is 184 Å². The van der Waals surface area contributed by atoms with Crippen molar-refractivity contribution < 1.29 is 23.4 Å². The molecule has 1 fully saturated rings. The van der Waals surface area contributed by atoms with Crippen molar-refractivity contribution in [3.05, 3.63) is 69.8 Å². The molecule has 2 aromatic carbocycles. The van der Waals surface area contributed by atoms with E-state index in [9.17, 15) is 14.0 Å². The molecule has 1 N–H and O–H groups in total.